The third-order valence-electron chi connectivity index (χ3n) is 11.8. The zero-order chi connectivity index (χ0) is 50.9. The minimum atomic E-state index is -1.28. The molecule has 3 heterocycles. The van der Waals surface area contributed by atoms with Crippen LogP contribution >= 0.6 is 0 Å². The number of carbonyl (C=O) groups excluding carboxylic acids is 4. The standard InChI is InChI=1S/C56H72N4O12/c1-3-49(61)67-35-23-19-15-11-7-5-9-13-17-21-33-65-47-39-57-51(58-40-47)43-25-29-45(30-26-43)53(63)71-55-56(70-38-37-69-55)72-54(64)46-31-27-44(28-32-46)52-59-41-48(42-60-52)66-34-22-18-14-10-6-8-12-16-20-24-36-68-50(62)4-2/h3-4,25-32,39-42,55-56H,1-2,5-24,33-38H2/t55-,56-/m1/s1. The molecule has 1 fully saturated rings. The van der Waals surface area contributed by atoms with E-state index in [4.69, 9.17) is 37.9 Å². The molecule has 2 aromatic heterocycles. The van der Waals surface area contributed by atoms with E-state index >= 15 is 0 Å². The number of rotatable bonds is 36. The first-order chi connectivity index (χ1) is 35.3. The lowest BCUT2D eigenvalue weighted by molar-refractivity contribution is -0.288. The highest BCUT2D eigenvalue weighted by atomic mass is 16.8. The predicted octanol–water partition coefficient (Wildman–Crippen LogP) is 11.3. The second-order valence-corrected chi connectivity index (χ2v) is 17.4. The minimum Gasteiger partial charge on any atom is -0.490 e. The van der Waals surface area contributed by atoms with Gasteiger partial charge in [-0.05, 0) is 49.9 Å². The molecular weight excluding hydrogens is 921 g/mol. The molecule has 4 aromatic rings. The van der Waals surface area contributed by atoms with Gasteiger partial charge in [-0.25, -0.2) is 39.1 Å². The van der Waals surface area contributed by atoms with E-state index in [9.17, 15) is 19.2 Å². The van der Waals surface area contributed by atoms with Crippen LogP contribution in [-0.2, 0) is 38.0 Å². The second kappa shape index (κ2) is 34.0. The average molecular weight is 993 g/mol. The van der Waals surface area contributed by atoms with Gasteiger partial charge in [0.05, 0.1) is 75.6 Å². The highest BCUT2D eigenvalue weighted by Crippen LogP contribution is 2.23. The summed E-state index contributed by atoms with van der Waals surface area (Å²) in [5, 5.41) is 0. The number of unbranched alkanes of at least 4 members (excludes halogenated alkanes) is 18. The van der Waals surface area contributed by atoms with E-state index in [0.29, 0.717) is 60.7 Å². The monoisotopic (exact) mass is 993 g/mol. The van der Waals surface area contributed by atoms with Gasteiger partial charge in [-0.2, -0.15) is 0 Å². The molecule has 72 heavy (non-hydrogen) atoms. The van der Waals surface area contributed by atoms with Crippen LogP contribution in [0.3, 0.4) is 0 Å². The molecule has 1 aliphatic rings. The molecule has 16 heteroatoms. The van der Waals surface area contributed by atoms with Crippen molar-refractivity contribution in [2.75, 3.05) is 39.6 Å². The number of hydrogen-bond donors (Lipinski definition) is 0. The summed E-state index contributed by atoms with van der Waals surface area (Å²) in [6, 6.07) is 13.3. The Balaban J connectivity index is 0.927. The third-order valence-corrected chi connectivity index (χ3v) is 11.8. The maximum atomic E-state index is 13.2. The molecule has 0 bridgehead atoms. The van der Waals surface area contributed by atoms with E-state index in [2.05, 4.69) is 33.1 Å². The SMILES string of the molecule is C=CC(=O)OCCCCCCCCCCCCOc1cnc(-c2ccc(C(=O)O[C@H]3OCCO[C@@H]3OC(=O)c3ccc(-c4ncc(OCCCCCCCCCCCCOC(=O)C=C)cn4)cc3)cc2)nc1. The molecular formula is C56H72N4O12. The first-order valence-electron chi connectivity index (χ1n) is 25.7. The normalized spacial score (nSPS) is 14.2. The molecule has 5 rings (SSSR count). The summed E-state index contributed by atoms with van der Waals surface area (Å²) < 4.78 is 44.2. The summed E-state index contributed by atoms with van der Waals surface area (Å²) >= 11 is 0. The molecule has 0 unspecified atom stereocenters. The molecule has 0 aliphatic carbocycles. The molecule has 16 nitrogen and oxygen atoms in total. The Hall–Kier alpha value is -6.52. The van der Waals surface area contributed by atoms with Crippen LogP contribution in [0.15, 0.2) is 98.6 Å². The van der Waals surface area contributed by atoms with E-state index in [-0.39, 0.29) is 36.3 Å². The van der Waals surface area contributed by atoms with Gasteiger partial charge in [0.1, 0.15) is 0 Å². The molecule has 2 atom stereocenters. The van der Waals surface area contributed by atoms with Crippen molar-refractivity contribution in [3.05, 3.63) is 110 Å². The number of ether oxygens (including phenoxy) is 8. The summed E-state index contributed by atoms with van der Waals surface area (Å²) in [6.07, 6.45) is 28.8. The molecule has 1 aliphatic heterocycles. The highest BCUT2D eigenvalue weighted by molar-refractivity contribution is 5.91. The average Bonchev–Trinajstić information content (AvgIpc) is 3.41. The molecule has 388 valence electrons. The molecule has 0 radical (unpaired) electrons. The van der Waals surface area contributed by atoms with Gasteiger partial charge < -0.3 is 37.9 Å². The van der Waals surface area contributed by atoms with E-state index in [0.717, 1.165) is 64.2 Å². The molecule has 2 aromatic carbocycles. The van der Waals surface area contributed by atoms with Gasteiger partial charge in [-0.1, -0.05) is 140 Å². The second-order valence-electron chi connectivity index (χ2n) is 17.4. The van der Waals surface area contributed by atoms with Crippen LogP contribution in [0.5, 0.6) is 11.5 Å². The van der Waals surface area contributed by atoms with Crippen molar-refractivity contribution >= 4 is 23.9 Å². The summed E-state index contributed by atoms with van der Waals surface area (Å²) in [7, 11) is 0. The van der Waals surface area contributed by atoms with E-state index in [1.54, 1.807) is 73.3 Å². The van der Waals surface area contributed by atoms with Crippen LogP contribution in [0, 0.1) is 0 Å². The van der Waals surface area contributed by atoms with Gasteiger partial charge in [0.25, 0.3) is 12.6 Å². The summed E-state index contributed by atoms with van der Waals surface area (Å²) in [5.74, 6) is 0.0590. The Labute approximate surface area is 424 Å². The van der Waals surface area contributed by atoms with E-state index < -0.39 is 24.5 Å². The zero-order valence-electron chi connectivity index (χ0n) is 41.7. The topological polar surface area (TPSA) is 194 Å². The van der Waals surface area contributed by atoms with Crippen LogP contribution in [0.2, 0.25) is 0 Å². The van der Waals surface area contributed by atoms with Crippen LogP contribution in [-0.4, -0.2) is 96.0 Å². The zero-order valence-corrected chi connectivity index (χ0v) is 41.7. The number of hydrogen-bond acceptors (Lipinski definition) is 16. The highest BCUT2D eigenvalue weighted by Gasteiger charge is 2.34. The van der Waals surface area contributed by atoms with Crippen LogP contribution < -0.4 is 9.47 Å². The Bertz CT molecular complexity index is 2050. The maximum Gasteiger partial charge on any atom is 0.340 e. The lowest BCUT2D eigenvalue weighted by Gasteiger charge is -2.30. The van der Waals surface area contributed by atoms with Gasteiger partial charge in [0.15, 0.2) is 23.1 Å². The van der Waals surface area contributed by atoms with Crippen molar-refractivity contribution in [1.82, 2.24) is 19.9 Å². The first-order valence-corrected chi connectivity index (χ1v) is 25.7. The van der Waals surface area contributed by atoms with Crippen LogP contribution in [0.25, 0.3) is 22.8 Å². The van der Waals surface area contributed by atoms with Gasteiger partial charge in [-0.3, -0.25) is 0 Å². The lowest BCUT2D eigenvalue weighted by atomic mass is 10.1. The molecule has 1 saturated heterocycles. The molecule has 0 spiro atoms. The van der Waals surface area contributed by atoms with Crippen molar-refractivity contribution in [3.63, 3.8) is 0 Å². The van der Waals surface area contributed by atoms with Crippen molar-refractivity contribution in [2.45, 2.75) is 141 Å². The molecule has 0 amide bonds. The lowest BCUT2D eigenvalue weighted by Crippen LogP contribution is -2.44. The Morgan fingerprint density at radius 1 is 0.444 bits per heavy atom. The summed E-state index contributed by atoms with van der Waals surface area (Å²) in [4.78, 5) is 66.2. The minimum absolute atomic E-state index is 0.144. The molecule has 0 N–H and O–H groups in total. The number of esters is 4. The van der Waals surface area contributed by atoms with Gasteiger partial charge in [0, 0.05) is 23.3 Å². The van der Waals surface area contributed by atoms with Gasteiger partial charge in [0.2, 0.25) is 0 Å². The van der Waals surface area contributed by atoms with Crippen molar-refractivity contribution in [3.8, 4) is 34.3 Å². The Morgan fingerprint density at radius 3 is 1.04 bits per heavy atom. The fourth-order valence-corrected chi connectivity index (χ4v) is 7.68. The van der Waals surface area contributed by atoms with E-state index in [1.807, 2.05) is 0 Å². The fraction of sp³-hybridized carbons (Fsp3) is 0.500. The summed E-state index contributed by atoms with van der Waals surface area (Å²) in [6.45, 7) is 9.20. The van der Waals surface area contributed by atoms with Crippen LogP contribution in [0.4, 0.5) is 0 Å². The summed E-state index contributed by atoms with van der Waals surface area (Å²) in [5.41, 5.74) is 1.90. The number of carbonyl (C=O) groups is 4. The van der Waals surface area contributed by atoms with Gasteiger partial charge in [-0.15, -0.1) is 0 Å². The quantitative estimate of drug-likeness (QED) is 0.0181. The van der Waals surface area contributed by atoms with Crippen molar-refractivity contribution in [1.29, 1.82) is 0 Å². The smallest absolute Gasteiger partial charge is 0.340 e. The van der Waals surface area contributed by atoms with Gasteiger partial charge >= 0.3 is 23.9 Å². The van der Waals surface area contributed by atoms with Crippen molar-refractivity contribution in [2.24, 2.45) is 0 Å². The molecule has 0 saturated carbocycles. The maximum absolute atomic E-state index is 13.2. The largest absolute Gasteiger partial charge is 0.490 e. The van der Waals surface area contributed by atoms with E-state index in [1.165, 1.54) is 76.4 Å². The fourth-order valence-electron chi connectivity index (χ4n) is 7.68. The Kier molecular flexibility index (Phi) is 26.6. The number of benzene rings is 2. The predicted molar refractivity (Wildman–Crippen MR) is 271 cm³/mol. The third kappa shape index (κ3) is 21.9. The first kappa shape index (κ1) is 56.4. The number of nitrogens with zero attached hydrogens (tertiary/aromatic N) is 4. The van der Waals surface area contributed by atoms with Crippen molar-refractivity contribution < 1.29 is 57.1 Å². The Morgan fingerprint density at radius 2 is 0.736 bits per heavy atom. The number of aromatic nitrogens is 4. The van der Waals surface area contributed by atoms with Crippen LogP contribution in [0.1, 0.15) is 149 Å².